The van der Waals surface area contributed by atoms with Gasteiger partial charge in [-0.3, -0.25) is 14.4 Å². The number of thiophene rings is 1. The van der Waals surface area contributed by atoms with Crippen molar-refractivity contribution in [1.82, 2.24) is 15.5 Å². The van der Waals surface area contributed by atoms with Crippen LogP contribution in [-0.4, -0.2) is 47.8 Å². The Morgan fingerprint density at radius 2 is 1.85 bits per heavy atom. The molecule has 3 amide bonds. The Hall–Kier alpha value is -1.89. The van der Waals surface area contributed by atoms with Gasteiger partial charge in [-0.25, -0.2) is 0 Å². The maximum absolute atomic E-state index is 12.8. The number of piperidine rings is 1. The van der Waals surface area contributed by atoms with E-state index < -0.39 is 6.04 Å². The van der Waals surface area contributed by atoms with Gasteiger partial charge in [-0.15, -0.1) is 11.3 Å². The van der Waals surface area contributed by atoms with E-state index in [0.717, 1.165) is 6.42 Å². The van der Waals surface area contributed by atoms with Crippen LogP contribution in [0.1, 0.15) is 56.6 Å². The number of nitrogens with zero attached hydrogens (tertiary/aromatic N) is 1. The molecule has 2 N–H and O–H groups in total. The molecule has 1 aliphatic rings. The first-order valence-electron chi connectivity index (χ1n) is 9.77. The summed E-state index contributed by atoms with van der Waals surface area (Å²) in [7, 11) is 0. The molecule has 6 nitrogen and oxygen atoms in total. The van der Waals surface area contributed by atoms with E-state index >= 15 is 0 Å². The molecule has 0 spiro atoms. The van der Waals surface area contributed by atoms with Crippen LogP contribution in [0.4, 0.5) is 0 Å². The summed E-state index contributed by atoms with van der Waals surface area (Å²) in [6, 6.07) is 3.06. The zero-order valence-corrected chi connectivity index (χ0v) is 17.5. The fourth-order valence-corrected chi connectivity index (χ4v) is 3.90. The highest BCUT2D eigenvalue weighted by Crippen LogP contribution is 2.23. The summed E-state index contributed by atoms with van der Waals surface area (Å²) in [4.78, 5) is 40.0. The molecule has 2 heterocycles. The normalized spacial score (nSPS) is 17.4. The van der Waals surface area contributed by atoms with Gasteiger partial charge >= 0.3 is 0 Å². The molecular formula is C20H31N3O3S. The van der Waals surface area contributed by atoms with Crippen LogP contribution in [0.2, 0.25) is 0 Å². The highest BCUT2D eigenvalue weighted by atomic mass is 32.1. The molecule has 7 heteroatoms. The molecule has 2 atom stereocenters. The molecule has 1 aromatic rings. The smallest absolute Gasteiger partial charge is 0.262 e. The fourth-order valence-electron chi connectivity index (χ4n) is 3.27. The first-order valence-corrected chi connectivity index (χ1v) is 10.6. The van der Waals surface area contributed by atoms with E-state index in [0.29, 0.717) is 30.8 Å². The highest BCUT2D eigenvalue weighted by molar-refractivity contribution is 7.12. The van der Waals surface area contributed by atoms with Crippen LogP contribution in [-0.2, 0) is 9.59 Å². The Morgan fingerprint density at radius 3 is 2.37 bits per heavy atom. The van der Waals surface area contributed by atoms with Crippen LogP contribution in [0.5, 0.6) is 0 Å². The van der Waals surface area contributed by atoms with Gasteiger partial charge in [0.2, 0.25) is 11.8 Å². The van der Waals surface area contributed by atoms with E-state index in [-0.39, 0.29) is 35.6 Å². The quantitative estimate of drug-likeness (QED) is 0.747. The molecule has 0 aromatic carbocycles. The lowest BCUT2D eigenvalue weighted by Gasteiger charge is -2.36. The number of carbonyl (C=O) groups is 3. The Bertz CT molecular complexity index is 637. The average Bonchev–Trinajstić information content (AvgIpc) is 3.20. The van der Waals surface area contributed by atoms with Crippen molar-refractivity contribution in [3.05, 3.63) is 22.4 Å². The van der Waals surface area contributed by atoms with Crippen molar-refractivity contribution < 1.29 is 14.4 Å². The second-order valence-corrected chi connectivity index (χ2v) is 8.51. The molecule has 0 saturated carbocycles. The zero-order chi connectivity index (χ0) is 20.0. The second kappa shape index (κ2) is 9.88. The topological polar surface area (TPSA) is 78.5 Å². The first-order chi connectivity index (χ1) is 12.8. The van der Waals surface area contributed by atoms with Crippen LogP contribution in [0.15, 0.2) is 17.5 Å². The van der Waals surface area contributed by atoms with Gasteiger partial charge in [-0.05, 0) is 43.6 Å². The third kappa shape index (κ3) is 5.79. The van der Waals surface area contributed by atoms with Crippen molar-refractivity contribution in [2.24, 2.45) is 11.8 Å². The number of nitrogens with one attached hydrogen (secondary N) is 2. The molecule has 1 saturated heterocycles. The van der Waals surface area contributed by atoms with E-state index in [1.54, 1.807) is 6.07 Å². The van der Waals surface area contributed by atoms with Crippen LogP contribution in [0.3, 0.4) is 0 Å². The van der Waals surface area contributed by atoms with Gasteiger partial charge in [0.25, 0.3) is 5.91 Å². The number of likely N-dealkylation sites (tertiary alicyclic amines) is 1. The number of rotatable bonds is 7. The first kappa shape index (κ1) is 21.4. The van der Waals surface area contributed by atoms with Gasteiger partial charge in [0.15, 0.2) is 0 Å². The largest absolute Gasteiger partial charge is 0.352 e. The van der Waals surface area contributed by atoms with Gasteiger partial charge in [0, 0.05) is 25.0 Å². The van der Waals surface area contributed by atoms with E-state index in [9.17, 15) is 14.4 Å². The number of amides is 3. The predicted molar refractivity (Wildman–Crippen MR) is 108 cm³/mol. The monoisotopic (exact) mass is 393 g/mol. The predicted octanol–water partition coefficient (Wildman–Crippen LogP) is 2.66. The van der Waals surface area contributed by atoms with Crippen molar-refractivity contribution in [1.29, 1.82) is 0 Å². The Morgan fingerprint density at radius 1 is 1.19 bits per heavy atom. The second-order valence-electron chi connectivity index (χ2n) is 7.56. The Labute approximate surface area is 165 Å². The molecule has 0 unspecified atom stereocenters. The van der Waals surface area contributed by atoms with Crippen molar-refractivity contribution >= 4 is 29.1 Å². The molecule has 1 aliphatic heterocycles. The molecule has 0 bridgehead atoms. The van der Waals surface area contributed by atoms with E-state index in [2.05, 4.69) is 10.6 Å². The molecule has 0 aliphatic carbocycles. The maximum atomic E-state index is 12.8. The minimum Gasteiger partial charge on any atom is -0.352 e. The van der Waals surface area contributed by atoms with Gasteiger partial charge in [-0.1, -0.05) is 26.8 Å². The molecule has 27 heavy (non-hydrogen) atoms. The van der Waals surface area contributed by atoms with Crippen molar-refractivity contribution in [2.45, 2.75) is 59.0 Å². The van der Waals surface area contributed by atoms with Crippen molar-refractivity contribution in [3.8, 4) is 0 Å². The summed E-state index contributed by atoms with van der Waals surface area (Å²) in [6.45, 7) is 9.03. The third-order valence-corrected chi connectivity index (χ3v) is 6.00. The van der Waals surface area contributed by atoms with Crippen LogP contribution in [0.25, 0.3) is 0 Å². The summed E-state index contributed by atoms with van der Waals surface area (Å²) < 4.78 is 0. The van der Waals surface area contributed by atoms with E-state index in [4.69, 9.17) is 0 Å². The zero-order valence-electron chi connectivity index (χ0n) is 16.7. The summed E-state index contributed by atoms with van der Waals surface area (Å²) in [5.74, 6) is -0.201. The molecule has 1 aromatic heterocycles. The lowest BCUT2D eigenvalue weighted by Crippen LogP contribution is -2.55. The van der Waals surface area contributed by atoms with Gasteiger partial charge < -0.3 is 15.5 Å². The lowest BCUT2D eigenvalue weighted by atomic mass is 9.88. The van der Waals surface area contributed by atoms with Crippen LogP contribution < -0.4 is 10.6 Å². The Balaban J connectivity index is 2.06. The highest BCUT2D eigenvalue weighted by Gasteiger charge is 2.34. The minimum atomic E-state index is -0.579. The summed E-state index contributed by atoms with van der Waals surface area (Å²) >= 11 is 1.36. The van der Waals surface area contributed by atoms with Gasteiger partial charge in [-0.2, -0.15) is 0 Å². The van der Waals surface area contributed by atoms with Crippen molar-refractivity contribution in [2.75, 3.05) is 13.1 Å². The molecule has 0 radical (unpaired) electrons. The molecular weight excluding hydrogens is 362 g/mol. The van der Waals surface area contributed by atoms with E-state index in [1.165, 1.54) is 11.3 Å². The summed E-state index contributed by atoms with van der Waals surface area (Å²) in [6.07, 6.45) is 2.25. The number of carbonyl (C=O) groups excluding carboxylic acids is 3. The standard InChI is InChI=1S/C20H31N3O3S/c1-5-14(4)21-19(25)17(22-18(24)16-7-6-12-27-16)15-8-10-23(11-9-15)20(26)13(2)3/h6-7,12-15,17H,5,8-11H2,1-4H3,(H,21,25)(H,22,24)/t14-,17+/m0/s1. The summed E-state index contributed by atoms with van der Waals surface area (Å²) in [5, 5.41) is 7.79. The number of hydrogen-bond acceptors (Lipinski definition) is 4. The average molecular weight is 394 g/mol. The van der Waals surface area contributed by atoms with Gasteiger partial charge in [0.1, 0.15) is 6.04 Å². The number of hydrogen-bond donors (Lipinski definition) is 2. The van der Waals surface area contributed by atoms with Crippen molar-refractivity contribution in [3.63, 3.8) is 0 Å². The minimum absolute atomic E-state index is 0.0224. The molecule has 2 rings (SSSR count). The Kier molecular flexibility index (Phi) is 7.83. The SMILES string of the molecule is CC[C@H](C)NC(=O)[C@H](NC(=O)c1cccs1)C1CCN(C(=O)C(C)C)CC1. The third-order valence-electron chi connectivity index (χ3n) is 5.13. The van der Waals surface area contributed by atoms with Crippen LogP contribution in [0, 0.1) is 11.8 Å². The van der Waals surface area contributed by atoms with Gasteiger partial charge in [0.05, 0.1) is 4.88 Å². The van der Waals surface area contributed by atoms with E-state index in [1.807, 2.05) is 44.0 Å². The van der Waals surface area contributed by atoms with Crippen LogP contribution >= 0.6 is 11.3 Å². The molecule has 1 fully saturated rings. The summed E-state index contributed by atoms with van der Waals surface area (Å²) in [5.41, 5.74) is 0. The fraction of sp³-hybridized carbons (Fsp3) is 0.650. The maximum Gasteiger partial charge on any atom is 0.262 e. The molecule has 150 valence electrons. The lowest BCUT2D eigenvalue weighted by molar-refractivity contribution is -0.136.